The maximum atomic E-state index is 12.1. The standard InChI is InChI=1S/C13H19IN2O2S/c14-11-6-4-10(5-7-11)9-12(16-15)13-3-1-2-8-19(13,17)18/h4-7,12-13,16H,1-3,8-9,15H2. The lowest BCUT2D eigenvalue weighted by Gasteiger charge is -2.29. The molecule has 1 aliphatic heterocycles. The zero-order valence-electron chi connectivity index (χ0n) is 10.7. The Balaban J connectivity index is 2.13. The first kappa shape index (κ1) is 15.2. The van der Waals surface area contributed by atoms with Crippen LogP contribution in [0.5, 0.6) is 0 Å². The van der Waals surface area contributed by atoms with E-state index in [0.29, 0.717) is 18.6 Å². The average Bonchev–Trinajstić information content (AvgIpc) is 2.38. The van der Waals surface area contributed by atoms with Gasteiger partial charge in [-0.05, 0) is 59.5 Å². The Hall–Kier alpha value is -0.180. The van der Waals surface area contributed by atoms with Crippen molar-refractivity contribution in [3.8, 4) is 0 Å². The minimum absolute atomic E-state index is 0.203. The molecule has 1 heterocycles. The first-order chi connectivity index (χ1) is 9.03. The number of halogens is 1. The number of hydrogen-bond donors (Lipinski definition) is 2. The molecule has 0 aliphatic carbocycles. The fourth-order valence-corrected chi connectivity index (χ4v) is 5.07. The monoisotopic (exact) mass is 394 g/mol. The SMILES string of the molecule is NNC(Cc1ccc(I)cc1)C1CCCCS1(=O)=O. The number of nitrogens with one attached hydrogen (secondary N) is 1. The van der Waals surface area contributed by atoms with E-state index in [9.17, 15) is 8.42 Å². The van der Waals surface area contributed by atoms with E-state index in [0.717, 1.165) is 18.4 Å². The fraction of sp³-hybridized carbons (Fsp3) is 0.538. The van der Waals surface area contributed by atoms with Crippen molar-refractivity contribution in [3.05, 3.63) is 33.4 Å². The molecule has 106 valence electrons. The number of hydrazine groups is 1. The van der Waals surface area contributed by atoms with Gasteiger partial charge in [0.05, 0.1) is 11.0 Å². The van der Waals surface area contributed by atoms with Crippen molar-refractivity contribution in [1.29, 1.82) is 0 Å². The molecule has 0 radical (unpaired) electrons. The molecule has 0 aromatic heterocycles. The molecule has 4 nitrogen and oxygen atoms in total. The van der Waals surface area contributed by atoms with Crippen LogP contribution in [-0.2, 0) is 16.3 Å². The van der Waals surface area contributed by atoms with E-state index in [-0.39, 0.29) is 11.3 Å². The largest absolute Gasteiger partial charge is 0.271 e. The molecule has 2 atom stereocenters. The highest BCUT2D eigenvalue weighted by Gasteiger charge is 2.34. The van der Waals surface area contributed by atoms with Crippen molar-refractivity contribution < 1.29 is 8.42 Å². The highest BCUT2D eigenvalue weighted by molar-refractivity contribution is 14.1. The molecule has 1 aromatic carbocycles. The third-order valence-corrected chi connectivity index (χ3v) is 6.72. The van der Waals surface area contributed by atoms with Crippen molar-refractivity contribution in [2.45, 2.75) is 37.0 Å². The number of sulfone groups is 1. The summed E-state index contributed by atoms with van der Waals surface area (Å²) < 4.78 is 25.4. The third-order valence-electron chi connectivity index (χ3n) is 3.66. The molecule has 1 saturated heterocycles. The molecule has 0 amide bonds. The topological polar surface area (TPSA) is 72.2 Å². The lowest BCUT2D eigenvalue weighted by molar-refractivity contribution is 0.440. The van der Waals surface area contributed by atoms with E-state index in [1.54, 1.807) is 0 Å². The molecular weight excluding hydrogens is 375 g/mol. The molecule has 6 heteroatoms. The first-order valence-electron chi connectivity index (χ1n) is 6.45. The predicted octanol–water partition coefficient (Wildman–Crippen LogP) is 1.63. The Labute approximate surface area is 128 Å². The van der Waals surface area contributed by atoms with Gasteiger partial charge in [-0.15, -0.1) is 0 Å². The van der Waals surface area contributed by atoms with Crippen LogP contribution in [0, 0.1) is 3.57 Å². The van der Waals surface area contributed by atoms with Crippen LogP contribution in [0.15, 0.2) is 24.3 Å². The molecule has 1 fully saturated rings. The smallest absolute Gasteiger partial charge is 0.154 e. The Bertz CT molecular complexity index is 516. The van der Waals surface area contributed by atoms with Gasteiger partial charge >= 0.3 is 0 Å². The zero-order chi connectivity index (χ0) is 13.9. The molecule has 0 bridgehead atoms. The van der Waals surface area contributed by atoms with Crippen molar-refractivity contribution in [2.75, 3.05) is 5.75 Å². The number of hydrogen-bond acceptors (Lipinski definition) is 4. The van der Waals surface area contributed by atoms with E-state index < -0.39 is 9.84 Å². The minimum atomic E-state index is -3.01. The van der Waals surface area contributed by atoms with Gasteiger partial charge in [0.15, 0.2) is 9.84 Å². The van der Waals surface area contributed by atoms with Gasteiger partial charge in [-0.1, -0.05) is 18.6 Å². The van der Waals surface area contributed by atoms with Crippen LogP contribution in [0.4, 0.5) is 0 Å². The first-order valence-corrected chi connectivity index (χ1v) is 9.24. The van der Waals surface area contributed by atoms with Crippen molar-refractivity contribution in [1.82, 2.24) is 5.43 Å². The molecule has 2 unspecified atom stereocenters. The summed E-state index contributed by atoms with van der Waals surface area (Å²) >= 11 is 2.25. The molecule has 0 saturated carbocycles. The summed E-state index contributed by atoms with van der Waals surface area (Å²) in [5.74, 6) is 5.88. The molecule has 3 N–H and O–H groups in total. The van der Waals surface area contributed by atoms with Crippen LogP contribution in [0.25, 0.3) is 0 Å². The van der Waals surface area contributed by atoms with Gasteiger partial charge in [0.2, 0.25) is 0 Å². The van der Waals surface area contributed by atoms with Crippen LogP contribution in [0.1, 0.15) is 24.8 Å². The Kier molecular flexibility index (Phi) is 5.22. The van der Waals surface area contributed by atoms with E-state index in [2.05, 4.69) is 28.0 Å². The summed E-state index contributed by atoms with van der Waals surface area (Å²) in [4.78, 5) is 0. The summed E-state index contributed by atoms with van der Waals surface area (Å²) in [6.07, 6.45) is 3.10. The molecule has 1 aromatic rings. The number of rotatable bonds is 4. The van der Waals surface area contributed by atoms with Gasteiger partial charge in [-0.25, -0.2) is 8.42 Å². The van der Waals surface area contributed by atoms with Gasteiger partial charge in [0.25, 0.3) is 0 Å². The molecule has 19 heavy (non-hydrogen) atoms. The maximum absolute atomic E-state index is 12.1. The lowest BCUT2D eigenvalue weighted by Crippen LogP contribution is -2.50. The highest BCUT2D eigenvalue weighted by Crippen LogP contribution is 2.24. The molecule has 1 aliphatic rings. The summed E-state index contributed by atoms with van der Waals surface area (Å²) in [5, 5.41) is -0.356. The van der Waals surface area contributed by atoms with Crippen molar-refractivity contribution >= 4 is 32.4 Å². The van der Waals surface area contributed by atoms with Crippen LogP contribution < -0.4 is 11.3 Å². The maximum Gasteiger partial charge on any atom is 0.154 e. The fourth-order valence-electron chi connectivity index (χ4n) is 2.60. The second-order valence-corrected chi connectivity index (χ2v) is 8.59. The third kappa shape index (κ3) is 3.90. The normalized spacial score (nSPS) is 24.0. The van der Waals surface area contributed by atoms with Gasteiger partial charge in [0.1, 0.15) is 0 Å². The number of benzene rings is 1. The Morgan fingerprint density at radius 3 is 2.58 bits per heavy atom. The van der Waals surface area contributed by atoms with Gasteiger partial charge in [-0.2, -0.15) is 0 Å². The average molecular weight is 394 g/mol. The Morgan fingerprint density at radius 2 is 2.00 bits per heavy atom. The minimum Gasteiger partial charge on any atom is -0.271 e. The summed E-state index contributed by atoms with van der Waals surface area (Å²) in [6, 6.07) is 7.91. The van der Waals surface area contributed by atoms with Crippen molar-refractivity contribution in [2.24, 2.45) is 5.84 Å². The summed E-state index contributed by atoms with van der Waals surface area (Å²) in [7, 11) is -3.01. The second-order valence-electron chi connectivity index (χ2n) is 5.00. The van der Waals surface area contributed by atoms with Gasteiger partial charge in [0, 0.05) is 9.61 Å². The van der Waals surface area contributed by atoms with Crippen LogP contribution >= 0.6 is 22.6 Å². The lowest BCUT2D eigenvalue weighted by atomic mass is 10.00. The Morgan fingerprint density at radius 1 is 1.32 bits per heavy atom. The molecule has 0 spiro atoms. The van der Waals surface area contributed by atoms with Gasteiger partial charge in [-0.3, -0.25) is 11.3 Å². The molecular formula is C13H19IN2O2S. The van der Waals surface area contributed by atoms with E-state index >= 15 is 0 Å². The van der Waals surface area contributed by atoms with E-state index in [1.807, 2.05) is 24.3 Å². The second kappa shape index (κ2) is 6.51. The van der Waals surface area contributed by atoms with E-state index in [1.165, 1.54) is 3.57 Å². The molecule has 2 rings (SSSR count). The summed E-state index contributed by atoms with van der Waals surface area (Å²) in [6.45, 7) is 0. The van der Waals surface area contributed by atoms with Crippen LogP contribution in [0.2, 0.25) is 0 Å². The van der Waals surface area contributed by atoms with Crippen LogP contribution in [0.3, 0.4) is 0 Å². The summed E-state index contributed by atoms with van der Waals surface area (Å²) in [5.41, 5.74) is 3.82. The van der Waals surface area contributed by atoms with Crippen LogP contribution in [-0.4, -0.2) is 25.5 Å². The highest BCUT2D eigenvalue weighted by atomic mass is 127. The predicted molar refractivity (Wildman–Crippen MR) is 85.4 cm³/mol. The zero-order valence-corrected chi connectivity index (χ0v) is 13.7. The van der Waals surface area contributed by atoms with Crippen molar-refractivity contribution in [3.63, 3.8) is 0 Å². The van der Waals surface area contributed by atoms with Gasteiger partial charge < -0.3 is 0 Å². The van der Waals surface area contributed by atoms with E-state index in [4.69, 9.17) is 5.84 Å². The number of nitrogens with two attached hydrogens (primary N) is 1. The quantitative estimate of drug-likeness (QED) is 0.463.